The largest absolute Gasteiger partial charge is 0.338 e. The van der Waals surface area contributed by atoms with Gasteiger partial charge in [0.2, 0.25) is 0 Å². The lowest BCUT2D eigenvalue weighted by molar-refractivity contribution is -0.120. The van der Waals surface area contributed by atoms with E-state index in [0.717, 1.165) is 23.1 Å². The van der Waals surface area contributed by atoms with Gasteiger partial charge >= 0.3 is 6.03 Å². The highest BCUT2D eigenvalue weighted by molar-refractivity contribution is 5.91. The highest BCUT2D eigenvalue weighted by Crippen LogP contribution is 2.18. The van der Waals surface area contributed by atoms with Crippen molar-refractivity contribution in [2.75, 3.05) is 20.1 Å². The van der Waals surface area contributed by atoms with Gasteiger partial charge in [-0.15, -0.1) is 5.10 Å². The van der Waals surface area contributed by atoms with E-state index in [4.69, 9.17) is 0 Å². The van der Waals surface area contributed by atoms with Gasteiger partial charge in [0.15, 0.2) is 5.82 Å². The van der Waals surface area contributed by atoms with Crippen LogP contribution in [0.1, 0.15) is 17.5 Å². The lowest BCUT2D eigenvalue weighted by atomic mass is 10.1. The van der Waals surface area contributed by atoms with Gasteiger partial charge in [-0.25, -0.2) is 19.5 Å². The van der Waals surface area contributed by atoms with Gasteiger partial charge in [0.1, 0.15) is 6.33 Å². The molecule has 8 heteroatoms. The van der Waals surface area contributed by atoms with E-state index in [2.05, 4.69) is 21.6 Å². The van der Waals surface area contributed by atoms with Crippen LogP contribution in [0.25, 0.3) is 17.6 Å². The van der Waals surface area contributed by atoms with Gasteiger partial charge < -0.3 is 4.90 Å². The molecule has 1 saturated heterocycles. The number of aromatic nitrogens is 3. The maximum Gasteiger partial charge on any atom is 0.338 e. The average Bonchev–Trinajstić information content (AvgIpc) is 3.05. The summed E-state index contributed by atoms with van der Waals surface area (Å²) < 4.78 is 1.47. The standard InChI is InChI=1S/C18H22N6O2/c1-13-9-14(2)11-15(10-13)17-19-12-23(21-17)8-5-16(25)20-24-7-4-6-22(3)18(24)26/h5,8-12H,4,6-7H2,1-3H3,(H,20,25)/b8-5-. The quantitative estimate of drug-likeness (QED) is 0.849. The number of rotatable bonds is 4. The second-order valence-electron chi connectivity index (χ2n) is 6.43. The minimum absolute atomic E-state index is 0.212. The van der Waals surface area contributed by atoms with E-state index >= 15 is 0 Å². The number of benzene rings is 1. The molecule has 136 valence electrons. The second-order valence-corrected chi connectivity index (χ2v) is 6.43. The lowest BCUT2D eigenvalue weighted by Crippen LogP contribution is -2.54. The molecule has 8 nitrogen and oxygen atoms in total. The Hall–Kier alpha value is -3.16. The van der Waals surface area contributed by atoms with Crippen molar-refractivity contribution in [3.05, 3.63) is 41.7 Å². The van der Waals surface area contributed by atoms with Crippen LogP contribution in [-0.4, -0.2) is 56.7 Å². The molecule has 1 aliphatic rings. The summed E-state index contributed by atoms with van der Waals surface area (Å²) in [5.41, 5.74) is 5.79. The van der Waals surface area contributed by atoms with Crippen molar-refractivity contribution in [3.63, 3.8) is 0 Å². The monoisotopic (exact) mass is 354 g/mol. The van der Waals surface area contributed by atoms with Crippen molar-refractivity contribution in [3.8, 4) is 11.4 Å². The summed E-state index contributed by atoms with van der Waals surface area (Å²) in [6.45, 7) is 5.25. The van der Waals surface area contributed by atoms with Crippen LogP contribution in [0.15, 0.2) is 30.6 Å². The summed E-state index contributed by atoms with van der Waals surface area (Å²) >= 11 is 0. The van der Waals surface area contributed by atoms with Gasteiger partial charge in [0, 0.05) is 38.0 Å². The molecule has 0 bridgehead atoms. The normalized spacial score (nSPS) is 15.0. The topological polar surface area (TPSA) is 83.4 Å². The molecule has 3 amide bonds. The Morgan fingerprint density at radius 3 is 2.65 bits per heavy atom. The molecular weight excluding hydrogens is 332 g/mol. The van der Waals surface area contributed by atoms with Crippen molar-refractivity contribution in [2.45, 2.75) is 20.3 Å². The third-order valence-electron chi connectivity index (χ3n) is 4.04. The molecule has 1 fully saturated rings. The van der Waals surface area contributed by atoms with Crippen LogP contribution in [0.2, 0.25) is 0 Å². The molecule has 0 radical (unpaired) electrons. The van der Waals surface area contributed by atoms with E-state index in [9.17, 15) is 9.59 Å². The molecule has 1 aliphatic heterocycles. The summed E-state index contributed by atoms with van der Waals surface area (Å²) in [7, 11) is 1.71. The van der Waals surface area contributed by atoms with Crippen molar-refractivity contribution in [1.29, 1.82) is 0 Å². The van der Waals surface area contributed by atoms with Gasteiger partial charge in [-0.1, -0.05) is 17.2 Å². The molecule has 0 saturated carbocycles. The molecular formula is C18H22N6O2. The first-order chi connectivity index (χ1) is 12.4. The van der Waals surface area contributed by atoms with Gasteiger partial charge in [0.05, 0.1) is 0 Å². The molecule has 1 aromatic heterocycles. The fraction of sp³-hybridized carbons (Fsp3) is 0.333. The smallest absolute Gasteiger partial charge is 0.326 e. The Balaban J connectivity index is 1.65. The van der Waals surface area contributed by atoms with E-state index < -0.39 is 5.91 Å². The molecule has 0 atom stereocenters. The second kappa shape index (κ2) is 7.38. The summed E-state index contributed by atoms with van der Waals surface area (Å²) in [5.74, 6) is 0.201. The van der Waals surface area contributed by atoms with Gasteiger partial charge in [-0.2, -0.15) is 0 Å². The van der Waals surface area contributed by atoms with Crippen LogP contribution >= 0.6 is 0 Å². The summed E-state index contributed by atoms with van der Waals surface area (Å²) in [5, 5.41) is 5.68. The molecule has 0 unspecified atom stereocenters. The number of amides is 3. The van der Waals surface area contributed by atoms with E-state index in [-0.39, 0.29) is 6.03 Å². The first-order valence-electron chi connectivity index (χ1n) is 8.43. The van der Waals surface area contributed by atoms with Crippen molar-refractivity contribution < 1.29 is 9.59 Å². The van der Waals surface area contributed by atoms with E-state index in [1.807, 2.05) is 26.0 Å². The lowest BCUT2D eigenvalue weighted by Gasteiger charge is -2.32. The van der Waals surface area contributed by atoms with Crippen molar-refractivity contribution in [1.82, 2.24) is 30.1 Å². The number of nitrogens with one attached hydrogen (secondary N) is 1. The number of carbonyl (C=O) groups is 2. The van der Waals surface area contributed by atoms with E-state index in [1.165, 1.54) is 28.3 Å². The van der Waals surface area contributed by atoms with Gasteiger partial charge in [0.25, 0.3) is 5.91 Å². The fourth-order valence-corrected chi connectivity index (χ4v) is 2.86. The van der Waals surface area contributed by atoms with Gasteiger partial charge in [-0.3, -0.25) is 10.2 Å². The highest BCUT2D eigenvalue weighted by atomic mass is 16.2. The molecule has 0 spiro atoms. The molecule has 26 heavy (non-hydrogen) atoms. The zero-order valence-electron chi connectivity index (χ0n) is 15.1. The Morgan fingerprint density at radius 1 is 1.19 bits per heavy atom. The minimum atomic E-state index is -0.392. The van der Waals surface area contributed by atoms with Crippen LogP contribution in [0.5, 0.6) is 0 Å². The molecule has 3 rings (SSSR count). The Morgan fingerprint density at radius 2 is 1.92 bits per heavy atom. The molecule has 2 aromatic rings. The molecule has 1 N–H and O–H groups in total. The van der Waals surface area contributed by atoms with E-state index in [1.54, 1.807) is 11.9 Å². The summed E-state index contributed by atoms with van der Waals surface area (Å²) in [4.78, 5) is 29.8. The fourth-order valence-electron chi connectivity index (χ4n) is 2.86. The Labute approximate surface area is 152 Å². The number of hydrogen-bond donors (Lipinski definition) is 1. The third-order valence-corrected chi connectivity index (χ3v) is 4.04. The maximum atomic E-state index is 12.0. The Bertz CT molecular complexity index is 837. The van der Waals surface area contributed by atoms with Gasteiger partial charge in [-0.05, 0) is 32.4 Å². The minimum Gasteiger partial charge on any atom is -0.326 e. The first kappa shape index (κ1) is 17.7. The number of carbonyl (C=O) groups excluding carboxylic acids is 2. The SMILES string of the molecule is Cc1cc(C)cc(-c2ncn(/C=C\C(=O)NN3CCCN(C)C3=O)n2)c1. The van der Waals surface area contributed by atoms with Crippen LogP contribution in [-0.2, 0) is 4.79 Å². The Kier molecular flexibility index (Phi) is 5.01. The molecule has 2 heterocycles. The van der Waals surface area contributed by atoms with Crippen molar-refractivity contribution in [2.24, 2.45) is 0 Å². The number of hydrogen-bond acceptors (Lipinski definition) is 4. The van der Waals surface area contributed by atoms with Crippen LogP contribution < -0.4 is 5.43 Å². The zero-order chi connectivity index (χ0) is 18.7. The average molecular weight is 354 g/mol. The number of aryl methyl sites for hydroxylation is 2. The third kappa shape index (κ3) is 4.08. The zero-order valence-corrected chi connectivity index (χ0v) is 15.1. The van der Waals surface area contributed by atoms with Crippen molar-refractivity contribution >= 4 is 18.1 Å². The highest BCUT2D eigenvalue weighted by Gasteiger charge is 2.23. The molecule has 0 aliphatic carbocycles. The number of nitrogens with zero attached hydrogens (tertiary/aromatic N) is 5. The number of hydrazine groups is 1. The predicted molar refractivity (Wildman–Crippen MR) is 97.8 cm³/mol. The predicted octanol–water partition coefficient (Wildman–Crippen LogP) is 1.82. The first-order valence-corrected chi connectivity index (χ1v) is 8.43. The number of urea groups is 1. The van der Waals surface area contributed by atoms with Crippen LogP contribution in [0.4, 0.5) is 4.79 Å². The van der Waals surface area contributed by atoms with Crippen LogP contribution in [0.3, 0.4) is 0 Å². The van der Waals surface area contributed by atoms with E-state index in [0.29, 0.717) is 18.9 Å². The molecule has 1 aromatic carbocycles. The summed E-state index contributed by atoms with van der Waals surface area (Å²) in [6.07, 6.45) is 5.18. The van der Waals surface area contributed by atoms with Crippen LogP contribution in [0, 0.1) is 13.8 Å². The summed E-state index contributed by atoms with van der Waals surface area (Å²) in [6, 6.07) is 5.91. The maximum absolute atomic E-state index is 12.0.